The van der Waals surface area contributed by atoms with Gasteiger partial charge in [0.25, 0.3) is 0 Å². The van der Waals surface area contributed by atoms with Gasteiger partial charge in [0.05, 0.1) is 0 Å². The van der Waals surface area contributed by atoms with E-state index in [0.29, 0.717) is 0 Å². The van der Waals surface area contributed by atoms with Crippen LogP contribution in [0.1, 0.15) is 19.4 Å². The SMILES string of the molecule is CC.Cc1ccccc1OF. The van der Waals surface area contributed by atoms with Gasteiger partial charge in [-0.05, 0) is 18.6 Å². The summed E-state index contributed by atoms with van der Waals surface area (Å²) in [6, 6.07) is 6.92. The van der Waals surface area contributed by atoms with Gasteiger partial charge in [-0.1, -0.05) is 32.0 Å². The molecule has 0 bridgehead atoms. The van der Waals surface area contributed by atoms with Crippen molar-refractivity contribution in [2.75, 3.05) is 0 Å². The highest BCUT2D eigenvalue weighted by molar-refractivity contribution is 5.30. The molecule has 0 radical (unpaired) electrons. The zero-order chi connectivity index (χ0) is 8.69. The van der Waals surface area contributed by atoms with Gasteiger partial charge < -0.3 is 0 Å². The molecule has 0 fully saturated rings. The number of hydrogen-bond donors (Lipinski definition) is 0. The maximum atomic E-state index is 11.5. The van der Waals surface area contributed by atoms with E-state index >= 15 is 0 Å². The summed E-state index contributed by atoms with van der Waals surface area (Å²) >= 11 is 0. The topological polar surface area (TPSA) is 9.23 Å². The molecule has 0 atom stereocenters. The molecule has 0 heterocycles. The average Bonchev–Trinajstić information content (AvgIpc) is 2.09. The summed E-state index contributed by atoms with van der Waals surface area (Å²) in [5, 5.41) is 0. The van der Waals surface area contributed by atoms with Gasteiger partial charge in [-0.3, -0.25) is 4.94 Å². The van der Waals surface area contributed by atoms with Gasteiger partial charge in [0.1, 0.15) is 0 Å². The number of halogens is 1. The van der Waals surface area contributed by atoms with Crippen LogP contribution < -0.4 is 4.94 Å². The summed E-state index contributed by atoms with van der Waals surface area (Å²) in [6.45, 7) is 5.79. The molecule has 1 rings (SSSR count). The van der Waals surface area contributed by atoms with E-state index in [2.05, 4.69) is 4.94 Å². The average molecular weight is 156 g/mol. The Bertz CT molecular complexity index is 199. The normalized spacial score (nSPS) is 8.00. The molecule has 62 valence electrons. The second kappa shape index (κ2) is 5.71. The van der Waals surface area contributed by atoms with Crippen molar-refractivity contribution in [2.24, 2.45) is 0 Å². The monoisotopic (exact) mass is 156 g/mol. The summed E-state index contributed by atoms with van der Waals surface area (Å²) in [4.78, 5) is 3.54. The van der Waals surface area contributed by atoms with Crippen molar-refractivity contribution in [3.8, 4) is 5.75 Å². The van der Waals surface area contributed by atoms with Crippen molar-refractivity contribution < 1.29 is 9.47 Å². The second-order valence-corrected chi connectivity index (χ2v) is 1.84. The Kier molecular flexibility index (Phi) is 5.17. The molecule has 0 saturated heterocycles. The number of para-hydroxylation sites is 1. The van der Waals surface area contributed by atoms with Crippen molar-refractivity contribution in [3.05, 3.63) is 29.8 Å². The van der Waals surface area contributed by atoms with Gasteiger partial charge in [0.15, 0.2) is 5.75 Å². The molecular formula is C9H13FO. The second-order valence-electron chi connectivity index (χ2n) is 1.84. The van der Waals surface area contributed by atoms with Crippen LogP contribution in [0.3, 0.4) is 0 Å². The fourth-order valence-electron chi connectivity index (χ4n) is 0.643. The van der Waals surface area contributed by atoms with E-state index in [9.17, 15) is 4.53 Å². The molecule has 1 aromatic carbocycles. The summed E-state index contributed by atoms with van der Waals surface area (Å²) in [6.07, 6.45) is 0. The maximum Gasteiger partial charge on any atom is 0.174 e. The van der Waals surface area contributed by atoms with Gasteiger partial charge in [-0.2, -0.15) is 0 Å². The molecule has 1 nitrogen and oxygen atoms in total. The zero-order valence-corrected chi connectivity index (χ0v) is 7.10. The molecule has 0 N–H and O–H groups in total. The van der Waals surface area contributed by atoms with Gasteiger partial charge in [-0.25, -0.2) is 0 Å². The predicted molar refractivity (Wildman–Crippen MR) is 44.3 cm³/mol. The van der Waals surface area contributed by atoms with Crippen LogP contribution in [-0.4, -0.2) is 0 Å². The van der Waals surface area contributed by atoms with Crippen molar-refractivity contribution in [1.29, 1.82) is 0 Å². The third kappa shape index (κ3) is 3.03. The highest BCUT2D eigenvalue weighted by Gasteiger charge is 1.94. The van der Waals surface area contributed by atoms with Crippen LogP contribution >= 0.6 is 0 Å². The first-order valence-electron chi connectivity index (χ1n) is 3.69. The van der Waals surface area contributed by atoms with Crippen LogP contribution in [0.2, 0.25) is 0 Å². The number of aryl methyl sites for hydroxylation is 1. The van der Waals surface area contributed by atoms with Gasteiger partial charge in [0, 0.05) is 4.53 Å². The summed E-state index contributed by atoms with van der Waals surface area (Å²) in [5.41, 5.74) is 0.806. The maximum absolute atomic E-state index is 11.5. The highest BCUT2D eigenvalue weighted by atomic mass is 19.3. The van der Waals surface area contributed by atoms with Crippen LogP contribution in [-0.2, 0) is 0 Å². The standard InChI is InChI=1S/C7H7FO.C2H6/c1-6-4-2-3-5-7(6)9-8;1-2/h2-5H,1H3;1-2H3. The minimum absolute atomic E-state index is 0.289. The first kappa shape index (κ1) is 9.95. The molecule has 11 heavy (non-hydrogen) atoms. The minimum atomic E-state index is 0.289. The summed E-state index contributed by atoms with van der Waals surface area (Å²) < 4.78 is 11.5. The molecular weight excluding hydrogens is 143 g/mol. The molecule has 1 aromatic rings. The molecule has 0 aliphatic carbocycles. The predicted octanol–water partition coefficient (Wildman–Crippen LogP) is 3.28. The Hall–Kier alpha value is -1.05. The van der Waals surface area contributed by atoms with Gasteiger partial charge >= 0.3 is 0 Å². The molecule has 0 aliphatic rings. The lowest BCUT2D eigenvalue weighted by Crippen LogP contribution is -1.79. The molecule has 0 unspecified atom stereocenters. The lowest BCUT2D eigenvalue weighted by molar-refractivity contribution is -0.00700. The number of rotatable bonds is 1. The molecule has 0 saturated carbocycles. The summed E-state index contributed by atoms with van der Waals surface area (Å²) in [7, 11) is 0. The third-order valence-corrected chi connectivity index (χ3v) is 1.18. The zero-order valence-electron chi connectivity index (χ0n) is 7.10. The van der Waals surface area contributed by atoms with E-state index in [1.165, 1.54) is 0 Å². The lowest BCUT2D eigenvalue weighted by Gasteiger charge is -1.95. The Labute approximate surface area is 66.7 Å². The van der Waals surface area contributed by atoms with E-state index in [-0.39, 0.29) is 5.75 Å². The molecule has 0 aromatic heterocycles. The Morgan fingerprint density at radius 1 is 1.18 bits per heavy atom. The lowest BCUT2D eigenvalue weighted by atomic mass is 10.2. The quantitative estimate of drug-likeness (QED) is 0.606. The van der Waals surface area contributed by atoms with Crippen molar-refractivity contribution >= 4 is 0 Å². The smallest absolute Gasteiger partial charge is 0.174 e. The van der Waals surface area contributed by atoms with Gasteiger partial charge in [-0.15, -0.1) is 0 Å². The van der Waals surface area contributed by atoms with E-state index in [1.54, 1.807) is 25.1 Å². The molecule has 0 amide bonds. The van der Waals surface area contributed by atoms with E-state index in [0.717, 1.165) is 5.56 Å². The van der Waals surface area contributed by atoms with Crippen LogP contribution in [0, 0.1) is 6.92 Å². The highest BCUT2D eigenvalue weighted by Crippen LogP contribution is 2.15. The largest absolute Gasteiger partial charge is 0.294 e. The Balaban J connectivity index is 0.000000461. The van der Waals surface area contributed by atoms with Crippen LogP contribution in [0.25, 0.3) is 0 Å². The fraction of sp³-hybridized carbons (Fsp3) is 0.333. The number of benzene rings is 1. The van der Waals surface area contributed by atoms with E-state index in [1.807, 2.05) is 19.9 Å². The van der Waals surface area contributed by atoms with Crippen molar-refractivity contribution in [3.63, 3.8) is 0 Å². The van der Waals surface area contributed by atoms with Crippen LogP contribution in [0.5, 0.6) is 5.75 Å². The van der Waals surface area contributed by atoms with E-state index < -0.39 is 0 Å². The first-order valence-corrected chi connectivity index (χ1v) is 3.69. The Morgan fingerprint density at radius 3 is 2.09 bits per heavy atom. The summed E-state index contributed by atoms with van der Waals surface area (Å²) in [5.74, 6) is 0.289. The van der Waals surface area contributed by atoms with Gasteiger partial charge in [0.2, 0.25) is 0 Å². The van der Waals surface area contributed by atoms with Crippen LogP contribution in [0.15, 0.2) is 24.3 Å². The Morgan fingerprint density at radius 2 is 1.73 bits per heavy atom. The van der Waals surface area contributed by atoms with E-state index in [4.69, 9.17) is 0 Å². The van der Waals surface area contributed by atoms with Crippen molar-refractivity contribution in [1.82, 2.24) is 0 Å². The van der Waals surface area contributed by atoms with Crippen molar-refractivity contribution in [2.45, 2.75) is 20.8 Å². The molecule has 0 spiro atoms. The first-order chi connectivity index (χ1) is 5.34. The third-order valence-electron chi connectivity index (χ3n) is 1.18. The molecule has 2 heteroatoms. The minimum Gasteiger partial charge on any atom is -0.294 e. The molecule has 0 aliphatic heterocycles. The number of hydrogen-bond acceptors (Lipinski definition) is 1. The fourth-order valence-corrected chi connectivity index (χ4v) is 0.643. The van der Waals surface area contributed by atoms with Crippen LogP contribution in [0.4, 0.5) is 4.53 Å².